The molecule has 3 heterocycles. The molecule has 5 rings (SSSR count). The topological polar surface area (TPSA) is 106 Å². The number of amides is 2. The second-order valence-electron chi connectivity index (χ2n) is 9.64. The van der Waals surface area contributed by atoms with Crippen LogP contribution in [0.1, 0.15) is 54.4 Å². The molecule has 1 aliphatic rings. The van der Waals surface area contributed by atoms with Gasteiger partial charge in [0.25, 0.3) is 0 Å². The first-order valence-corrected chi connectivity index (χ1v) is 12.4. The molecular weight excluding hydrogens is 468 g/mol. The van der Waals surface area contributed by atoms with Crippen molar-refractivity contribution in [2.24, 2.45) is 0 Å². The Bertz CT molecular complexity index is 1370. The molecule has 190 valence electrons. The highest BCUT2D eigenvalue weighted by atomic mass is 16.3. The van der Waals surface area contributed by atoms with Gasteiger partial charge in [-0.1, -0.05) is 48.5 Å². The molecule has 0 aliphatic carbocycles. The summed E-state index contributed by atoms with van der Waals surface area (Å²) in [5.74, 6) is 1.29. The van der Waals surface area contributed by atoms with Crippen LogP contribution in [0.4, 0.5) is 0 Å². The third-order valence-electron chi connectivity index (χ3n) is 7.12. The number of furan rings is 1. The first-order chi connectivity index (χ1) is 18.0. The Kier molecular flexibility index (Phi) is 6.85. The van der Waals surface area contributed by atoms with Crippen molar-refractivity contribution in [2.45, 2.75) is 50.6 Å². The lowest BCUT2D eigenvalue weighted by Gasteiger charge is -2.31. The maximum absolute atomic E-state index is 13.7. The number of hydrogen-bond acceptors (Lipinski definition) is 6. The molecule has 1 aliphatic heterocycles. The van der Waals surface area contributed by atoms with Crippen molar-refractivity contribution in [3.8, 4) is 5.69 Å². The summed E-state index contributed by atoms with van der Waals surface area (Å²) in [6, 6.07) is 20.9. The number of nitrogens with zero attached hydrogens (tertiary/aromatic N) is 5. The Hall–Kier alpha value is -4.27. The van der Waals surface area contributed by atoms with Crippen LogP contribution in [0.15, 0.2) is 77.4 Å². The Morgan fingerprint density at radius 1 is 1.14 bits per heavy atom. The van der Waals surface area contributed by atoms with Crippen LogP contribution in [0.25, 0.3) is 5.69 Å². The number of aromatic nitrogens is 4. The summed E-state index contributed by atoms with van der Waals surface area (Å²) in [6.07, 6.45) is 4.05. The summed E-state index contributed by atoms with van der Waals surface area (Å²) in [4.78, 5) is 27.5. The summed E-state index contributed by atoms with van der Waals surface area (Å²) in [5, 5.41) is 15.7. The van der Waals surface area contributed by atoms with Gasteiger partial charge in [0.15, 0.2) is 5.82 Å². The molecule has 1 N–H and O–H groups in total. The number of nitrogens with one attached hydrogen (secondary N) is 1. The zero-order chi connectivity index (χ0) is 25.8. The Balaban J connectivity index is 1.42. The van der Waals surface area contributed by atoms with Crippen molar-refractivity contribution in [3.63, 3.8) is 0 Å². The van der Waals surface area contributed by atoms with E-state index in [0.717, 1.165) is 22.6 Å². The molecule has 2 amide bonds. The maximum atomic E-state index is 13.7. The van der Waals surface area contributed by atoms with E-state index in [1.165, 1.54) is 0 Å². The molecule has 0 saturated carbocycles. The van der Waals surface area contributed by atoms with Gasteiger partial charge in [-0.3, -0.25) is 9.59 Å². The quantitative estimate of drug-likeness (QED) is 0.376. The molecule has 0 spiro atoms. The summed E-state index contributed by atoms with van der Waals surface area (Å²) < 4.78 is 7.25. The van der Waals surface area contributed by atoms with E-state index < -0.39 is 11.6 Å². The third-order valence-corrected chi connectivity index (χ3v) is 7.12. The van der Waals surface area contributed by atoms with E-state index in [4.69, 9.17) is 4.42 Å². The minimum atomic E-state index is -0.504. The van der Waals surface area contributed by atoms with Gasteiger partial charge >= 0.3 is 0 Å². The number of rotatable bonds is 9. The van der Waals surface area contributed by atoms with E-state index >= 15 is 0 Å². The summed E-state index contributed by atoms with van der Waals surface area (Å²) in [7, 11) is 1.78. The van der Waals surface area contributed by atoms with Crippen molar-refractivity contribution < 1.29 is 14.0 Å². The number of aryl methyl sites for hydroxylation is 1. The Morgan fingerprint density at radius 3 is 2.62 bits per heavy atom. The van der Waals surface area contributed by atoms with Crippen molar-refractivity contribution in [1.82, 2.24) is 30.4 Å². The molecule has 37 heavy (non-hydrogen) atoms. The maximum Gasteiger partial charge on any atom is 0.223 e. The van der Waals surface area contributed by atoms with Gasteiger partial charge in [0.2, 0.25) is 11.8 Å². The summed E-state index contributed by atoms with van der Waals surface area (Å²) in [5.41, 5.74) is 2.28. The number of benzene rings is 2. The predicted octanol–water partition coefficient (Wildman–Crippen LogP) is 3.78. The van der Waals surface area contributed by atoms with Gasteiger partial charge in [0.05, 0.1) is 12.0 Å². The lowest BCUT2D eigenvalue weighted by Crippen LogP contribution is -2.45. The zero-order valence-corrected chi connectivity index (χ0v) is 21.0. The molecule has 2 atom stereocenters. The highest BCUT2D eigenvalue weighted by Gasteiger charge is 2.39. The van der Waals surface area contributed by atoms with Crippen molar-refractivity contribution >= 4 is 11.8 Å². The first-order valence-electron chi connectivity index (χ1n) is 12.4. The second kappa shape index (κ2) is 10.4. The molecule has 0 unspecified atom stereocenters. The number of tetrazole rings is 1. The molecule has 2 aromatic heterocycles. The lowest BCUT2D eigenvalue weighted by molar-refractivity contribution is -0.132. The standard InChI is InChI=1S/C28H30N6O3/c1-20-9-6-7-13-23(20)34-27(30-31-32-34)26(21-10-4-3-5-11-21)33(2)25(36)15-17-28(16-14-24(35)29-28)19-22-12-8-18-37-22/h3-13,18,26H,14-17,19H2,1-2H3,(H,29,35)/t26-,28+/m0/s1. The van der Waals surface area contributed by atoms with Crippen LogP contribution in [0, 0.1) is 6.92 Å². The fourth-order valence-electron chi connectivity index (χ4n) is 5.11. The molecule has 9 nitrogen and oxygen atoms in total. The molecule has 0 bridgehead atoms. The Labute approximate surface area is 215 Å². The largest absolute Gasteiger partial charge is 0.469 e. The number of carbonyl (C=O) groups excluding carboxylic acids is 2. The van der Waals surface area contributed by atoms with Gasteiger partial charge in [0.1, 0.15) is 11.8 Å². The van der Waals surface area contributed by atoms with Gasteiger partial charge in [-0.05, 0) is 59.5 Å². The normalized spacial score (nSPS) is 17.9. The number of carbonyl (C=O) groups is 2. The molecule has 1 fully saturated rings. The smallest absolute Gasteiger partial charge is 0.223 e. The average Bonchev–Trinajstić information content (AvgIpc) is 3.67. The highest BCUT2D eigenvalue weighted by molar-refractivity contribution is 5.80. The van der Waals surface area contributed by atoms with Gasteiger partial charge in [0, 0.05) is 31.8 Å². The van der Waals surface area contributed by atoms with Gasteiger partial charge in [-0.15, -0.1) is 5.10 Å². The minimum Gasteiger partial charge on any atom is -0.469 e. The van der Waals surface area contributed by atoms with Gasteiger partial charge in [-0.25, -0.2) is 0 Å². The fraction of sp³-hybridized carbons (Fsp3) is 0.321. The van der Waals surface area contributed by atoms with E-state index in [1.807, 2.05) is 73.7 Å². The molecule has 1 saturated heterocycles. The average molecular weight is 499 g/mol. The van der Waals surface area contributed by atoms with Crippen LogP contribution in [0.5, 0.6) is 0 Å². The van der Waals surface area contributed by atoms with Crippen LogP contribution >= 0.6 is 0 Å². The number of para-hydroxylation sites is 1. The molecule has 0 radical (unpaired) electrons. The van der Waals surface area contributed by atoms with E-state index in [9.17, 15) is 9.59 Å². The van der Waals surface area contributed by atoms with E-state index in [-0.39, 0.29) is 18.2 Å². The minimum absolute atomic E-state index is 0.00642. The predicted molar refractivity (Wildman–Crippen MR) is 137 cm³/mol. The van der Waals surface area contributed by atoms with E-state index in [1.54, 1.807) is 22.9 Å². The van der Waals surface area contributed by atoms with E-state index in [0.29, 0.717) is 31.5 Å². The van der Waals surface area contributed by atoms with Crippen LogP contribution in [0.2, 0.25) is 0 Å². The van der Waals surface area contributed by atoms with Crippen LogP contribution < -0.4 is 5.32 Å². The lowest BCUT2D eigenvalue weighted by atomic mass is 9.86. The molecule has 9 heteroatoms. The highest BCUT2D eigenvalue weighted by Crippen LogP contribution is 2.32. The van der Waals surface area contributed by atoms with Crippen molar-refractivity contribution in [2.75, 3.05) is 7.05 Å². The van der Waals surface area contributed by atoms with Crippen LogP contribution in [-0.4, -0.2) is 49.5 Å². The first kappa shape index (κ1) is 24.4. The summed E-state index contributed by atoms with van der Waals surface area (Å²) >= 11 is 0. The van der Waals surface area contributed by atoms with Gasteiger partial charge < -0.3 is 14.6 Å². The van der Waals surface area contributed by atoms with Crippen LogP contribution in [-0.2, 0) is 16.0 Å². The molecular formula is C28H30N6O3. The molecule has 4 aromatic rings. The van der Waals surface area contributed by atoms with Crippen molar-refractivity contribution in [1.29, 1.82) is 0 Å². The summed E-state index contributed by atoms with van der Waals surface area (Å²) in [6.45, 7) is 2.00. The van der Waals surface area contributed by atoms with Crippen LogP contribution in [0.3, 0.4) is 0 Å². The molecule has 2 aromatic carbocycles. The SMILES string of the molecule is Cc1ccccc1-n1nnnc1[C@H](c1ccccc1)N(C)C(=O)CC[C@@]1(Cc2ccco2)CCC(=O)N1. The Morgan fingerprint density at radius 2 is 1.92 bits per heavy atom. The zero-order valence-electron chi connectivity index (χ0n) is 21.0. The second-order valence-corrected chi connectivity index (χ2v) is 9.64. The van der Waals surface area contributed by atoms with E-state index in [2.05, 4.69) is 20.8 Å². The number of hydrogen-bond donors (Lipinski definition) is 1. The third kappa shape index (κ3) is 5.16. The van der Waals surface area contributed by atoms with Gasteiger partial charge in [-0.2, -0.15) is 4.68 Å². The van der Waals surface area contributed by atoms with Crippen molar-refractivity contribution in [3.05, 3.63) is 95.7 Å². The monoisotopic (exact) mass is 498 g/mol. The fourth-order valence-corrected chi connectivity index (χ4v) is 5.11.